The zero-order valence-corrected chi connectivity index (χ0v) is 8.79. The van der Waals surface area contributed by atoms with Crippen molar-refractivity contribution in [1.82, 2.24) is 4.98 Å². The Bertz CT molecular complexity index is 493. The molecule has 4 heteroatoms. The van der Waals surface area contributed by atoms with Crippen molar-refractivity contribution in [2.24, 2.45) is 5.73 Å². The Morgan fingerprint density at radius 2 is 2.07 bits per heavy atom. The lowest BCUT2D eigenvalue weighted by atomic mass is 10.2. The van der Waals surface area contributed by atoms with Crippen LogP contribution in [0.1, 0.15) is 4.88 Å². The smallest absolute Gasteiger partial charge is 0.187 e. The van der Waals surface area contributed by atoms with Crippen LogP contribution in [0, 0.1) is 6.57 Å². The molecule has 2 aromatic rings. The summed E-state index contributed by atoms with van der Waals surface area (Å²) in [5.74, 6) is 0. The van der Waals surface area contributed by atoms with Crippen molar-refractivity contribution in [3.63, 3.8) is 0 Å². The summed E-state index contributed by atoms with van der Waals surface area (Å²) in [5.41, 5.74) is 7.20. The highest BCUT2D eigenvalue weighted by molar-refractivity contribution is 7.15. The van der Waals surface area contributed by atoms with Crippen LogP contribution in [0.15, 0.2) is 30.5 Å². The first-order valence-electron chi connectivity index (χ1n) is 4.46. The van der Waals surface area contributed by atoms with Crippen LogP contribution in [-0.4, -0.2) is 4.98 Å². The van der Waals surface area contributed by atoms with Gasteiger partial charge in [-0.1, -0.05) is 24.3 Å². The lowest BCUT2D eigenvalue weighted by molar-refractivity contribution is 1.10. The third kappa shape index (κ3) is 2.04. The zero-order chi connectivity index (χ0) is 10.7. The molecule has 0 radical (unpaired) electrons. The van der Waals surface area contributed by atoms with E-state index in [4.69, 9.17) is 12.3 Å². The number of thiazole rings is 1. The summed E-state index contributed by atoms with van der Waals surface area (Å²) in [5, 5.41) is 0.951. The molecule has 2 rings (SSSR count). The zero-order valence-electron chi connectivity index (χ0n) is 7.97. The minimum atomic E-state index is 0.526. The summed E-state index contributed by atoms with van der Waals surface area (Å²) in [7, 11) is 0. The van der Waals surface area contributed by atoms with Gasteiger partial charge in [-0.05, 0) is 0 Å². The van der Waals surface area contributed by atoms with Crippen molar-refractivity contribution < 1.29 is 0 Å². The van der Waals surface area contributed by atoms with Crippen molar-refractivity contribution in [1.29, 1.82) is 0 Å². The Morgan fingerprint density at radius 1 is 1.33 bits per heavy atom. The van der Waals surface area contributed by atoms with E-state index in [2.05, 4.69) is 9.83 Å². The van der Waals surface area contributed by atoms with Crippen LogP contribution in [0.5, 0.6) is 0 Å². The Balaban J connectivity index is 2.33. The largest absolute Gasteiger partial charge is 0.326 e. The Kier molecular flexibility index (Phi) is 2.77. The van der Waals surface area contributed by atoms with Gasteiger partial charge in [0, 0.05) is 23.2 Å². The number of aromatic nitrogens is 1. The standard InChI is InChI=1S/C11H9N3S/c1-13-9-4-2-8(3-5-9)11-14-7-10(6-12)15-11/h2-5,7H,6,12H2. The van der Waals surface area contributed by atoms with Crippen LogP contribution in [0.3, 0.4) is 0 Å². The summed E-state index contributed by atoms with van der Waals surface area (Å²) >= 11 is 1.59. The molecule has 15 heavy (non-hydrogen) atoms. The van der Waals surface area contributed by atoms with E-state index in [0.717, 1.165) is 15.4 Å². The summed E-state index contributed by atoms with van der Waals surface area (Å²) < 4.78 is 0. The Hall–Kier alpha value is -1.70. The molecule has 3 nitrogen and oxygen atoms in total. The van der Waals surface area contributed by atoms with E-state index in [1.54, 1.807) is 29.7 Å². The highest BCUT2D eigenvalue weighted by Gasteiger charge is 2.03. The predicted molar refractivity (Wildman–Crippen MR) is 61.7 cm³/mol. The molecule has 1 heterocycles. The lowest BCUT2D eigenvalue weighted by Gasteiger charge is -1.95. The molecule has 2 N–H and O–H groups in total. The number of benzene rings is 1. The highest BCUT2D eigenvalue weighted by atomic mass is 32.1. The van der Waals surface area contributed by atoms with Crippen LogP contribution in [0.4, 0.5) is 5.69 Å². The molecule has 0 spiro atoms. The summed E-state index contributed by atoms with van der Waals surface area (Å²) in [6.45, 7) is 7.37. The summed E-state index contributed by atoms with van der Waals surface area (Å²) in [6, 6.07) is 7.41. The van der Waals surface area contributed by atoms with Crippen LogP contribution in [0.25, 0.3) is 15.4 Å². The van der Waals surface area contributed by atoms with Crippen molar-refractivity contribution in [3.05, 3.63) is 46.8 Å². The van der Waals surface area contributed by atoms with Crippen LogP contribution in [0.2, 0.25) is 0 Å². The fraction of sp³-hybridized carbons (Fsp3) is 0.0909. The Morgan fingerprint density at radius 3 is 2.60 bits per heavy atom. The van der Waals surface area contributed by atoms with Gasteiger partial charge in [-0.3, -0.25) is 0 Å². The number of hydrogen-bond acceptors (Lipinski definition) is 3. The number of hydrogen-bond donors (Lipinski definition) is 1. The average Bonchev–Trinajstić information content (AvgIpc) is 2.78. The van der Waals surface area contributed by atoms with Crippen molar-refractivity contribution in [3.8, 4) is 10.6 Å². The molecule has 0 aliphatic heterocycles. The quantitative estimate of drug-likeness (QED) is 0.783. The van der Waals surface area contributed by atoms with Gasteiger partial charge in [-0.15, -0.1) is 11.3 Å². The molecule has 0 aliphatic carbocycles. The molecule has 74 valence electrons. The highest BCUT2D eigenvalue weighted by Crippen LogP contribution is 2.26. The second-order valence-electron chi connectivity index (χ2n) is 2.99. The third-order valence-electron chi connectivity index (χ3n) is 2.00. The van der Waals surface area contributed by atoms with Gasteiger partial charge < -0.3 is 5.73 Å². The van der Waals surface area contributed by atoms with Gasteiger partial charge in [0.1, 0.15) is 5.01 Å². The number of nitrogens with zero attached hydrogens (tertiary/aromatic N) is 2. The summed E-state index contributed by atoms with van der Waals surface area (Å²) in [6.07, 6.45) is 1.79. The number of nitrogens with two attached hydrogens (primary N) is 1. The topological polar surface area (TPSA) is 43.3 Å². The molecular formula is C11H9N3S. The molecule has 1 aromatic carbocycles. The van der Waals surface area contributed by atoms with Crippen LogP contribution < -0.4 is 5.73 Å². The SMILES string of the molecule is [C-]#[N+]c1ccc(-c2ncc(CN)s2)cc1. The maximum absolute atomic E-state index is 6.85. The first kappa shape index (κ1) is 9.84. The molecule has 0 aliphatic rings. The molecule has 0 atom stereocenters. The van der Waals surface area contributed by atoms with E-state index in [1.165, 1.54) is 0 Å². The van der Waals surface area contributed by atoms with Crippen molar-refractivity contribution in [2.75, 3.05) is 0 Å². The fourth-order valence-corrected chi connectivity index (χ4v) is 2.01. The lowest BCUT2D eigenvalue weighted by Crippen LogP contribution is -1.91. The monoisotopic (exact) mass is 215 g/mol. The maximum atomic E-state index is 6.85. The van der Waals surface area contributed by atoms with E-state index in [1.807, 2.05) is 12.1 Å². The van der Waals surface area contributed by atoms with Gasteiger partial charge in [0.05, 0.1) is 6.57 Å². The molecular weight excluding hydrogens is 206 g/mol. The maximum Gasteiger partial charge on any atom is 0.187 e. The predicted octanol–water partition coefficient (Wildman–Crippen LogP) is 2.82. The van der Waals surface area contributed by atoms with Gasteiger partial charge >= 0.3 is 0 Å². The van der Waals surface area contributed by atoms with E-state index >= 15 is 0 Å². The van der Waals surface area contributed by atoms with Crippen LogP contribution >= 0.6 is 11.3 Å². The van der Waals surface area contributed by atoms with Crippen molar-refractivity contribution in [2.45, 2.75) is 6.54 Å². The van der Waals surface area contributed by atoms with Gasteiger partial charge in [0.2, 0.25) is 0 Å². The molecule has 0 fully saturated rings. The molecule has 1 aromatic heterocycles. The molecule has 0 amide bonds. The van der Waals surface area contributed by atoms with Crippen molar-refractivity contribution >= 4 is 17.0 Å². The van der Waals surface area contributed by atoms with Gasteiger partial charge in [-0.25, -0.2) is 9.83 Å². The average molecular weight is 215 g/mol. The van der Waals surface area contributed by atoms with E-state index in [9.17, 15) is 0 Å². The first-order valence-corrected chi connectivity index (χ1v) is 5.28. The second kappa shape index (κ2) is 4.22. The fourth-order valence-electron chi connectivity index (χ4n) is 1.21. The summed E-state index contributed by atoms with van der Waals surface area (Å²) in [4.78, 5) is 8.68. The Labute approximate surface area is 92.0 Å². The minimum Gasteiger partial charge on any atom is -0.326 e. The minimum absolute atomic E-state index is 0.526. The van der Waals surface area contributed by atoms with E-state index < -0.39 is 0 Å². The van der Waals surface area contributed by atoms with Crippen LogP contribution in [-0.2, 0) is 6.54 Å². The first-order chi connectivity index (χ1) is 7.33. The van der Waals surface area contributed by atoms with E-state index in [-0.39, 0.29) is 0 Å². The van der Waals surface area contributed by atoms with Gasteiger partial charge in [-0.2, -0.15) is 0 Å². The molecule has 0 saturated carbocycles. The normalized spacial score (nSPS) is 9.87. The third-order valence-corrected chi connectivity index (χ3v) is 3.07. The molecule has 0 saturated heterocycles. The van der Waals surface area contributed by atoms with Gasteiger partial charge in [0.15, 0.2) is 5.69 Å². The van der Waals surface area contributed by atoms with E-state index in [0.29, 0.717) is 12.2 Å². The molecule has 0 unspecified atom stereocenters. The van der Waals surface area contributed by atoms with Gasteiger partial charge in [0.25, 0.3) is 0 Å². The molecule has 0 bridgehead atoms. The second-order valence-corrected chi connectivity index (χ2v) is 4.11. The number of rotatable bonds is 2.